The monoisotopic (exact) mass is 1260 g/mol. The van der Waals surface area contributed by atoms with Crippen LogP contribution >= 0.6 is 60.5 Å². The van der Waals surface area contributed by atoms with Crippen molar-refractivity contribution in [2.45, 2.75) is 145 Å². The van der Waals surface area contributed by atoms with Crippen molar-refractivity contribution in [3.63, 3.8) is 0 Å². The molecule has 0 aromatic heterocycles. The number of nitrogens with zero attached hydrogens (tertiary/aromatic N) is 2. The second-order valence-corrected chi connectivity index (χ2v) is 30.9. The van der Waals surface area contributed by atoms with Crippen LogP contribution in [0.5, 0.6) is 11.5 Å². The van der Waals surface area contributed by atoms with Gasteiger partial charge in [0.25, 0.3) is 0 Å². The summed E-state index contributed by atoms with van der Waals surface area (Å²) in [6, 6.07) is 58.2. The molecular weight excluding hydrogens is 1180 g/mol. The van der Waals surface area contributed by atoms with Crippen LogP contribution in [0.3, 0.4) is 0 Å². The van der Waals surface area contributed by atoms with Crippen molar-refractivity contribution in [2.24, 2.45) is 9.49 Å². The topological polar surface area (TPSA) is 117 Å². The van der Waals surface area contributed by atoms with Crippen LogP contribution in [0.25, 0.3) is 0 Å². The van der Waals surface area contributed by atoms with Crippen molar-refractivity contribution >= 4 is 104 Å². The second-order valence-electron chi connectivity index (χ2n) is 23.3. The first-order chi connectivity index (χ1) is 36.4. The van der Waals surface area contributed by atoms with Gasteiger partial charge in [-0.05, 0) is 78.8 Å². The molecule has 0 aliphatic rings. The van der Waals surface area contributed by atoms with Crippen LogP contribution in [0.15, 0.2) is 179 Å². The van der Waals surface area contributed by atoms with Crippen molar-refractivity contribution in [1.29, 1.82) is 0 Å². The molecule has 0 radical (unpaired) electrons. The van der Waals surface area contributed by atoms with Gasteiger partial charge >= 0.3 is 26.2 Å². The molecule has 0 saturated carbocycles. The maximum absolute atomic E-state index is 15.5. The molecule has 79 heavy (non-hydrogen) atoms. The first kappa shape index (κ1) is 71.7. The Labute approximate surface area is 514 Å². The zero-order valence-corrected chi connectivity index (χ0v) is 56.4. The number of alkyl halides is 4. The van der Waals surface area contributed by atoms with Gasteiger partial charge in [0.2, 0.25) is 0 Å². The van der Waals surface area contributed by atoms with E-state index in [0.717, 1.165) is 43.5 Å². The minimum Gasteiger partial charge on any atom is -0.872 e. The van der Waals surface area contributed by atoms with E-state index in [1.54, 1.807) is 27.7 Å². The molecule has 0 aliphatic carbocycles. The first-order valence-electron chi connectivity index (χ1n) is 26.2. The summed E-state index contributed by atoms with van der Waals surface area (Å²) in [5.41, 5.74) is 3.68. The summed E-state index contributed by atoms with van der Waals surface area (Å²) in [5.74, 6) is 0.0275. The van der Waals surface area contributed by atoms with E-state index in [-0.39, 0.29) is 59.2 Å². The molecule has 0 heterocycles. The molecule has 0 unspecified atom stereocenters. The van der Waals surface area contributed by atoms with Gasteiger partial charge in [0.05, 0.1) is 36.2 Å². The van der Waals surface area contributed by atoms with E-state index in [2.05, 4.69) is 156 Å². The zero-order chi connectivity index (χ0) is 58.9. The Morgan fingerprint density at radius 2 is 0.582 bits per heavy atom. The molecule has 0 amide bonds. The Morgan fingerprint density at radius 1 is 0.380 bits per heavy atom. The Hall–Kier alpha value is -3.44. The van der Waals surface area contributed by atoms with Crippen LogP contribution in [0, 0.1) is 0 Å². The van der Waals surface area contributed by atoms with Gasteiger partial charge in [-0.25, -0.2) is 0 Å². The van der Waals surface area contributed by atoms with E-state index in [0.29, 0.717) is 22.0 Å². The molecule has 7 rings (SSSR count). The Kier molecular flexibility index (Phi) is 28.9. The van der Waals surface area contributed by atoms with E-state index >= 15 is 10.2 Å². The van der Waals surface area contributed by atoms with Gasteiger partial charge in [-0.2, -0.15) is 0 Å². The quantitative estimate of drug-likeness (QED) is 0.111. The molecule has 13 heteroatoms. The molecule has 422 valence electrons. The second kappa shape index (κ2) is 31.8. The zero-order valence-electron chi connectivity index (χ0n) is 49.2. The number of hydrogen-bond donors (Lipinski definition) is 0. The van der Waals surface area contributed by atoms with Crippen LogP contribution in [0.2, 0.25) is 0 Å². The van der Waals surface area contributed by atoms with E-state index < -0.39 is 37.1 Å². The summed E-state index contributed by atoms with van der Waals surface area (Å²) >= 11 is 19.1. The number of halogens is 4. The SMILES string of the molecule is CC(C)(C)c1cc(C(C)(C)C)c([O-])c(P(=Nc2ccccc2N=P(c2ccccc2)(c2ccccc2)c2cc(C(C)(C)C)cc(C(C)(C)C)c2[O-])(c2ccccc2)c2ccccc2)c1.CC(C)[O-].CC(C)[O-].ClCCl.ClCCl.[Zr+4]. The largest absolute Gasteiger partial charge is 4.00 e. The maximum atomic E-state index is 15.5. The Bertz CT molecular complexity index is 2760. The molecule has 0 fully saturated rings. The van der Waals surface area contributed by atoms with E-state index in [9.17, 15) is 10.2 Å². The van der Waals surface area contributed by atoms with Crippen LogP contribution in [-0.4, -0.2) is 22.9 Å². The maximum Gasteiger partial charge on any atom is 4.00 e. The van der Waals surface area contributed by atoms with Crippen molar-refractivity contribution < 1.29 is 46.6 Å². The molecule has 7 aromatic rings. The molecule has 0 N–H and O–H groups in total. The molecule has 6 nitrogen and oxygen atoms in total. The smallest absolute Gasteiger partial charge is 0.872 e. The van der Waals surface area contributed by atoms with Gasteiger partial charge in [-0.15, -0.1) is 58.6 Å². The normalized spacial score (nSPS) is 11.7. The summed E-state index contributed by atoms with van der Waals surface area (Å²) in [5, 5.41) is 55.8. The van der Waals surface area contributed by atoms with Gasteiger partial charge in [0, 0.05) is 21.2 Å². The predicted octanol–water partition coefficient (Wildman–Crippen LogP) is 15.0. The van der Waals surface area contributed by atoms with E-state index in [1.165, 1.54) is 0 Å². The summed E-state index contributed by atoms with van der Waals surface area (Å²) in [6.45, 7) is 32.4. The predicted molar refractivity (Wildman–Crippen MR) is 338 cm³/mol. The molecule has 0 spiro atoms. The minimum absolute atomic E-state index is 0. The fourth-order valence-electron chi connectivity index (χ4n) is 8.41. The van der Waals surface area contributed by atoms with Crippen LogP contribution in [0.4, 0.5) is 11.4 Å². The fraction of sp³-hybridized carbons (Fsp3) is 0.364. The van der Waals surface area contributed by atoms with Crippen molar-refractivity contribution in [3.05, 3.63) is 192 Å². The van der Waals surface area contributed by atoms with Crippen molar-refractivity contribution in [2.75, 3.05) is 10.7 Å². The number of rotatable bonds is 8. The molecule has 7 aromatic carbocycles. The Balaban J connectivity index is 0.00000128. The third kappa shape index (κ3) is 19.6. The van der Waals surface area contributed by atoms with Crippen LogP contribution in [0.1, 0.15) is 133 Å². The van der Waals surface area contributed by atoms with Crippen LogP contribution in [-0.2, 0) is 47.9 Å². The molecule has 0 aliphatic heterocycles. The van der Waals surface area contributed by atoms with Crippen LogP contribution < -0.4 is 52.3 Å². The van der Waals surface area contributed by atoms with E-state index in [4.69, 9.17) is 55.9 Å². The van der Waals surface area contributed by atoms with Gasteiger partial charge in [0.15, 0.2) is 0 Å². The third-order valence-electron chi connectivity index (χ3n) is 12.1. The minimum atomic E-state index is -3.18. The molecule has 0 atom stereocenters. The average Bonchev–Trinajstić information content (AvgIpc) is 3.35. The average molecular weight is 1260 g/mol. The van der Waals surface area contributed by atoms with E-state index in [1.807, 2.05) is 97.1 Å². The van der Waals surface area contributed by atoms with Gasteiger partial charge in [-0.3, -0.25) is 9.49 Å². The Morgan fingerprint density at radius 3 is 0.772 bits per heavy atom. The third-order valence-corrected chi connectivity index (χ3v) is 19.4. The molecule has 0 saturated heterocycles. The fourth-order valence-corrected chi connectivity index (χ4v) is 15.7. The molecule has 0 bridgehead atoms. The van der Waals surface area contributed by atoms with Gasteiger partial charge < -0.3 is 20.4 Å². The summed E-state index contributed by atoms with van der Waals surface area (Å²) < 4.78 is 12.1. The molecular formula is C66H82Cl4N2O4P2Zr. The standard InChI is InChI=1S/C58H66N2O2P2.2C3H7O.2CH2Cl2.Zr/c1-55(2,3)41-37-47(57(7,8)9)53(61)51(39-41)63(43-27-17-13-18-28-43,44-29-19-14-20-30-44)59-49-35-25-26-36-50(49)60-64(45-31-21-15-22-32-45,46-33-23-16-24-34-46)52-40-42(56(4,5)6)38-48(54(52)62)58(10,11)12;2*1-3(2)4;2*2-1-3;/h13-40,61-62H,1-12H3;2*3H,1-2H3;2*1H2;/q;2*-1;;;+4/p-2. The summed E-state index contributed by atoms with van der Waals surface area (Å²) in [7, 11) is -6.36. The van der Waals surface area contributed by atoms with Crippen molar-refractivity contribution in [1.82, 2.24) is 0 Å². The van der Waals surface area contributed by atoms with Crippen molar-refractivity contribution in [3.8, 4) is 11.5 Å². The summed E-state index contributed by atoms with van der Waals surface area (Å²) in [4.78, 5) is 0. The van der Waals surface area contributed by atoms with Gasteiger partial charge in [-0.1, -0.05) is 268 Å². The summed E-state index contributed by atoms with van der Waals surface area (Å²) in [6.07, 6.45) is -0.833. The number of benzene rings is 7. The van der Waals surface area contributed by atoms with Gasteiger partial charge in [0.1, 0.15) is 0 Å². The number of hydrogen-bond acceptors (Lipinski definition) is 6. The first-order valence-corrected chi connectivity index (χ1v) is 31.8.